The molecule has 29 heavy (non-hydrogen) atoms. The summed E-state index contributed by atoms with van der Waals surface area (Å²) in [5.41, 5.74) is 1.29. The number of halogens is 1. The highest BCUT2D eigenvalue weighted by Gasteiger charge is 2.24. The minimum Gasteiger partial charge on any atom is -0.457 e. The van der Waals surface area contributed by atoms with Crippen LogP contribution in [-0.4, -0.2) is 16.0 Å². The van der Waals surface area contributed by atoms with Crippen LogP contribution in [0.3, 0.4) is 0 Å². The molecule has 144 valence electrons. The summed E-state index contributed by atoms with van der Waals surface area (Å²) >= 11 is 4.60. The molecule has 1 aromatic heterocycles. The fraction of sp³-hybridized carbons (Fsp3) is 0. The minimum atomic E-state index is -0.457. The third-order valence-corrected chi connectivity index (χ3v) is 5.33. The first-order chi connectivity index (χ1) is 14.0. The van der Waals surface area contributed by atoms with E-state index in [9.17, 15) is 14.9 Å². The molecule has 9 heteroatoms. The zero-order chi connectivity index (χ0) is 20.4. The van der Waals surface area contributed by atoms with E-state index in [1.807, 2.05) is 24.3 Å². The van der Waals surface area contributed by atoms with E-state index in [-0.39, 0.29) is 11.6 Å². The maximum atomic E-state index is 12.2. The number of carbonyl (C=O) groups excluding carboxylic acids is 1. The van der Waals surface area contributed by atoms with Gasteiger partial charge in [0.2, 0.25) is 0 Å². The van der Waals surface area contributed by atoms with E-state index in [4.69, 9.17) is 4.42 Å². The number of nitro benzene ring substituents is 1. The van der Waals surface area contributed by atoms with Crippen LogP contribution in [0.15, 0.2) is 79.5 Å². The number of furan rings is 1. The standard InChI is InChI=1S/C20H12BrN3O4S/c21-13-4-2-5-14(10-13)22-20-23-19(25)18(29-20)11-16-7-8-17(28-16)12-3-1-6-15(9-12)24(26)27/h1-11H,(H,22,23,25). The number of hydrogen-bond donors (Lipinski definition) is 1. The number of thioether (sulfide) groups is 1. The fourth-order valence-corrected chi connectivity index (χ4v) is 3.84. The van der Waals surface area contributed by atoms with Crippen LogP contribution in [0.2, 0.25) is 0 Å². The Bertz CT molecular complexity index is 1190. The second kappa shape index (κ2) is 8.06. The number of amidine groups is 1. The number of hydrogen-bond acceptors (Lipinski definition) is 6. The molecule has 1 N–H and O–H groups in total. The van der Waals surface area contributed by atoms with Gasteiger partial charge in [-0.1, -0.05) is 34.1 Å². The lowest BCUT2D eigenvalue weighted by Crippen LogP contribution is -2.19. The lowest BCUT2D eigenvalue weighted by atomic mass is 10.1. The molecule has 0 saturated carbocycles. The van der Waals surface area contributed by atoms with Crippen molar-refractivity contribution in [2.75, 3.05) is 0 Å². The van der Waals surface area contributed by atoms with Gasteiger partial charge in [0.15, 0.2) is 5.17 Å². The normalized spacial score (nSPS) is 16.4. The first-order valence-electron chi connectivity index (χ1n) is 8.38. The van der Waals surface area contributed by atoms with Crippen LogP contribution >= 0.6 is 27.7 Å². The zero-order valence-corrected chi connectivity index (χ0v) is 17.1. The van der Waals surface area contributed by atoms with Crippen LogP contribution < -0.4 is 5.32 Å². The highest BCUT2D eigenvalue weighted by atomic mass is 79.9. The van der Waals surface area contributed by atoms with Gasteiger partial charge in [-0.25, -0.2) is 4.99 Å². The molecule has 2 heterocycles. The van der Waals surface area contributed by atoms with Crippen molar-refractivity contribution in [2.24, 2.45) is 4.99 Å². The summed E-state index contributed by atoms with van der Waals surface area (Å²) < 4.78 is 6.64. The van der Waals surface area contributed by atoms with Crippen LogP contribution in [-0.2, 0) is 4.79 Å². The molecule has 0 unspecified atom stereocenters. The summed E-state index contributed by atoms with van der Waals surface area (Å²) in [7, 11) is 0. The Morgan fingerprint density at radius 3 is 2.76 bits per heavy atom. The second-order valence-corrected chi connectivity index (χ2v) is 7.92. The van der Waals surface area contributed by atoms with Gasteiger partial charge in [0.05, 0.1) is 15.5 Å². The molecule has 0 bridgehead atoms. The Kier molecular flexibility index (Phi) is 5.32. The molecule has 1 aliphatic rings. The van der Waals surface area contributed by atoms with Gasteiger partial charge in [0.25, 0.3) is 11.6 Å². The molecule has 1 saturated heterocycles. The van der Waals surface area contributed by atoms with Crippen molar-refractivity contribution in [3.05, 3.63) is 85.9 Å². The van der Waals surface area contributed by atoms with Gasteiger partial charge < -0.3 is 9.73 Å². The predicted molar refractivity (Wildman–Crippen MR) is 116 cm³/mol. The van der Waals surface area contributed by atoms with Crippen molar-refractivity contribution >= 4 is 56.2 Å². The van der Waals surface area contributed by atoms with E-state index >= 15 is 0 Å². The van der Waals surface area contributed by atoms with Crippen LogP contribution in [0.4, 0.5) is 11.4 Å². The summed E-state index contributed by atoms with van der Waals surface area (Å²) in [6.07, 6.45) is 1.62. The first kappa shape index (κ1) is 19.2. The number of aliphatic imine (C=N–C) groups is 1. The summed E-state index contributed by atoms with van der Waals surface area (Å²) in [4.78, 5) is 27.6. The number of rotatable bonds is 4. The van der Waals surface area contributed by atoms with Crippen molar-refractivity contribution in [1.29, 1.82) is 0 Å². The highest BCUT2D eigenvalue weighted by molar-refractivity contribution is 9.10. The summed E-state index contributed by atoms with van der Waals surface area (Å²) in [6, 6.07) is 17.0. The Hall–Kier alpha value is -3.17. The SMILES string of the molecule is O=C1NC(=Nc2cccc(Br)c2)SC1=Cc1ccc(-c2cccc([N+](=O)[O-])c2)o1. The Morgan fingerprint density at radius 1 is 1.14 bits per heavy atom. The third kappa shape index (κ3) is 4.47. The topological polar surface area (TPSA) is 97.7 Å². The van der Waals surface area contributed by atoms with E-state index in [0.717, 1.165) is 10.2 Å². The fourth-order valence-electron chi connectivity index (χ4n) is 2.63. The van der Waals surface area contributed by atoms with Crippen molar-refractivity contribution in [3.63, 3.8) is 0 Å². The van der Waals surface area contributed by atoms with E-state index in [2.05, 4.69) is 26.2 Å². The maximum absolute atomic E-state index is 12.2. The van der Waals surface area contributed by atoms with Gasteiger partial charge in [-0.2, -0.15) is 0 Å². The van der Waals surface area contributed by atoms with Crippen LogP contribution in [0.1, 0.15) is 5.76 Å². The van der Waals surface area contributed by atoms with Crippen LogP contribution in [0.5, 0.6) is 0 Å². The largest absolute Gasteiger partial charge is 0.457 e. The van der Waals surface area contributed by atoms with E-state index in [1.54, 1.807) is 30.3 Å². The summed E-state index contributed by atoms with van der Waals surface area (Å²) in [6.45, 7) is 0. The van der Waals surface area contributed by atoms with E-state index < -0.39 is 4.92 Å². The average molecular weight is 470 g/mol. The number of nitro groups is 1. The molecule has 2 aromatic carbocycles. The average Bonchev–Trinajstić information content (AvgIpc) is 3.29. The molecule has 0 radical (unpaired) electrons. The van der Waals surface area contributed by atoms with Crippen LogP contribution in [0.25, 0.3) is 17.4 Å². The number of nitrogens with zero attached hydrogens (tertiary/aromatic N) is 2. The van der Waals surface area contributed by atoms with E-state index in [0.29, 0.717) is 27.2 Å². The smallest absolute Gasteiger partial charge is 0.270 e. The maximum Gasteiger partial charge on any atom is 0.270 e. The quantitative estimate of drug-likeness (QED) is 0.308. The Balaban J connectivity index is 1.55. The molecule has 0 aliphatic carbocycles. The number of nitrogens with one attached hydrogen (secondary N) is 1. The van der Waals surface area contributed by atoms with E-state index in [1.165, 1.54) is 23.9 Å². The predicted octanol–water partition coefficient (Wildman–Crippen LogP) is 5.51. The van der Waals surface area contributed by atoms with Gasteiger partial charge >= 0.3 is 0 Å². The van der Waals surface area contributed by atoms with Gasteiger partial charge in [-0.3, -0.25) is 14.9 Å². The Morgan fingerprint density at radius 2 is 1.97 bits per heavy atom. The summed E-state index contributed by atoms with van der Waals surface area (Å²) in [5, 5.41) is 14.1. The number of carbonyl (C=O) groups is 1. The molecular weight excluding hydrogens is 458 g/mol. The third-order valence-electron chi connectivity index (χ3n) is 3.93. The van der Waals surface area contributed by atoms with Crippen LogP contribution in [0, 0.1) is 10.1 Å². The molecule has 1 fully saturated rings. The highest BCUT2D eigenvalue weighted by Crippen LogP contribution is 2.31. The molecule has 7 nitrogen and oxygen atoms in total. The lowest BCUT2D eigenvalue weighted by molar-refractivity contribution is -0.384. The second-order valence-electron chi connectivity index (χ2n) is 5.97. The van der Waals surface area contributed by atoms with Gasteiger partial charge in [-0.15, -0.1) is 0 Å². The number of amides is 1. The van der Waals surface area contributed by atoms with Gasteiger partial charge in [-0.05, 0) is 42.1 Å². The molecule has 4 rings (SSSR count). The molecule has 0 atom stereocenters. The minimum absolute atomic E-state index is 0.0158. The molecule has 1 aliphatic heterocycles. The molecule has 0 spiro atoms. The lowest BCUT2D eigenvalue weighted by Gasteiger charge is -1.97. The zero-order valence-electron chi connectivity index (χ0n) is 14.7. The summed E-state index contributed by atoms with van der Waals surface area (Å²) in [5.74, 6) is 0.678. The first-order valence-corrected chi connectivity index (χ1v) is 9.99. The van der Waals surface area contributed by atoms with Gasteiger partial charge in [0.1, 0.15) is 11.5 Å². The van der Waals surface area contributed by atoms with Crippen molar-refractivity contribution in [2.45, 2.75) is 0 Å². The van der Waals surface area contributed by atoms with Gasteiger partial charge in [0, 0.05) is 28.2 Å². The van der Waals surface area contributed by atoms with Crippen molar-refractivity contribution < 1.29 is 14.1 Å². The molecule has 1 amide bonds. The number of non-ortho nitro benzene ring substituents is 1. The monoisotopic (exact) mass is 469 g/mol. The molecule has 3 aromatic rings. The van der Waals surface area contributed by atoms with Crippen molar-refractivity contribution in [3.8, 4) is 11.3 Å². The number of benzene rings is 2. The Labute approximate surface area is 177 Å². The van der Waals surface area contributed by atoms with Crippen molar-refractivity contribution in [1.82, 2.24) is 5.32 Å². The molecular formula is C20H12BrN3O4S.